The van der Waals surface area contributed by atoms with Crippen LogP contribution >= 0.6 is 0 Å². The van der Waals surface area contributed by atoms with Gasteiger partial charge >= 0.3 is 5.97 Å². The molecule has 1 heterocycles. The highest BCUT2D eigenvalue weighted by Gasteiger charge is 2.21. The maximum Gasteiger partial charge on any atom is 0.322 e. The van der Waals surface area contributed by atoms with Crippen molar-refractivity contribution < 1.29 is 9.53 Å². The fourth-order valence-electron chi connectivity index (χ4n) is 1.57. The van der Waals surface area contributed by atoms with E-state index in [2.05, 4.69) is 10.2 Å². The Labute approximate surface area is 79.2 Å². The summed E-state index contributed by atoms with van der Waals surface area (Å²) in [5.74, 6) is -0.137. The molecule has 0 radical (unpaired) electrons. The first-order chi connectivity index (χ1) is 6.25. The van der Waals surface area contributed by atoms with Gasteiger partial charge in [-0.1, -0.05) is 0 Å². The minimum atomic E-state index is -0.137. The van der Waals surface area contributed by atoms with Gasteiger partial charge in [-0.15, -0.1) is 0 Å². The van der Waals surface area contributed by atoms with E-state index in [1.807, 2.05) is 6.92 Å². The molecule has 4 heteroatoms. The fourth-order valence-corrected chi connectivity index (χ4v) is 1.57. The fraction of sp³-hybridized carbons (Fsp3) is 0.889. The van der Waals surface area contributed by atoms with Crippen LogP contribution < -0.4 is 5.32 Å². The van der Waals surface area contributed by atoms with Crippen molar-refractivity contribution in [1.29, 1.82) is 0 Å². The van der Waals surface area contributed by atoms with E-state index < -0.39 is 0 Å². The van der Waals surface area contributed by atoms with E-state index in [-0.39, 0.29) is 12.0 Å². The maximum absolute atomic E-state index is 11.2. The second-order valence-corrected chi connectivity index (χ2v) is 3.34. The van der Waals surface area contributed by atoms with Crippen molar-refractivity contribution in [2.75, 3.05) is 33.3 Å². The Morgan fingerprint density at radius 3 is 2.92 bits per heavy atom. The molecule has 13 heavy (non-hydrogen) atoms. The van der Waals surface area contributed by atoms with Gasteiger partial charge in [0.2, 0.25) is 0 Å². The lowest BCUT2D eigenvalue weighted by Gasteiger charge is -2.24. The van der Waals surface area contributed by atoms with Crippen LogP contribution in [0.5, 0.6) is 0 Å². The van der Waals surface area contributed by atoms with E-state index in [4.69, 9.17) is 4.74 Å². The summed E-state index contributed by atoms with van der Waals surface area (Å²) < 4.78 is 4.71. The van der Waals surface area contributed by atoms with Crippen LogP contribution in [0.25, 0.3) is 0 Å². The molecule has 1 saturated heterocycles. The van der Waals surface area contributed by atoms with Gasteiger partial charge in [0.05, 0.1) is 7.11 Å². The van der Waals surface area contributed by atoms with E-state index in [9.17, 15) is 4.79 Å². The Bertz CT molecular complexity index is 165. The zero-order chi connectivity index (χ0) is 9.68. The van der Waals surface area contributed by atoms with Gasteiger partial charge in [0, 0.05) is 19.6 Å². The number of nitrogens with zero attached hydrogens (tertiary/aromatic N) is 1. The molecule has 1 aliphatic heterocycles. The highest BCUT2D eigenvalue weighted by atomic mass is 16.5. The first-order valence-electron chi connectivity index (χ1n) is 4.78. The Balaban J connectivity index is 2.43. The van der Waals surface area contributed by atoms with Gasteiger partial charge < -0.3 is 10.1 Å². The Morgan fingerprint density at radius 1 is 1.46 bits per heavy atom. The van der Waals surface area contributed by atoms with Gasteiger partial charge in [-0.05, 0) is 19.9 Å². The summed E-state index contributed by atoms with van der Waals surface area (Å²) in [6, 6.07) is -0.107. The van der Waals surface area contributed by atoms with Crippen LogP contribution in [0.4, 0.5) is 0 Å². The normalized spacial score (nSPS) is 22.0. The zero-order valence-corrected chi connectivity index (χ0v) is 8.38. The molecule has 1 aliphatic rings. The number of carbonyl (C=O) groups is 1. The minimum absolute atomic E-state index is 0.107. The summed E-state index contributed by atoms with van der Waals surface area (Å²) in [5, 5.41) is 3.30. The Hall–Kier alpha value is -0.610. The van der Waals surface area contributed by atoms with Gasteiger partial charge in [-0.3, -0.25) is 9.69 Å². The van der Waals surface area contributed by atoms with Crippen molar-refractivity contribution in [2.24, 2.45) is 0 Å². The number of hydrogen-bond donors (Lipinski definition) is 1. The minimum Gasteiger partial charge on any atom is -0.468 e. The third-order valence-electron chi connectivity index (χ3n) is 2.46. The molecular weight excluding hydrogens is 168 g/mol. The first kappa shape index (κ1) is 10.5. The second-order valence-electron chi connectivity index (χ2n) is 3.34. The van der Waals surface area contributed by atoms with E-state index in [0.29, 0.717) is 0 Å². The number of ether oxygens (including phenoxy) is 1. The van der Waals surface area contributed by atoms with Crippen molar-refractivity contribution in [1.82, 2.24) is 10.2 Å². The van der Waals surface area contributed by atoms with E-state index in [1.165, 1.54) is 7.11 Å². The lowest BCUT2D eigenvalue weighted by molar-refractivity contribution is -0.146. The smallest absolute Gasteiger partial charge is 0.322 e. The van der Waals surface area contributed by atoms with Gasteiger partial charge in [0.15, 0.2) is 0 Å². The first-order valence-corrected chi connectivity index (χ1v) is 4.78. The number of rotatable bonds is 2. The molecule has 76 valence electrons. The summed E-state index contributed by atoms with van der Waals surface area (Å²) in [4.78, 5) is 13.4. The van der Waals surface area contributed by atoms with Gasteiger partial charge in [-0.25, -0.2) is 0 Å². The third kappa shape index (κ3) is 2.97. The van der Waals surface area contributed by atoms with Crippen molar-refractivity contribution in [3.63, 3.8) is 0 Å². The highest BCUT2D eigenvalue weighted by molar-refractivity contribution is 5.75. The Kier molecular flexibility index (Phi) is 4.18. The van der Waals surface area contributed by atoms with Gasteiger partial charge in [-0.2, -0.15) is 0 Å². The maximum atomic E-state index is 11.2. The molecule has 0 aromatic carbocycles. The molecule has 0 aromatic rings. The average Bonchev–Trinajstić information content (AvgIpc) is 2.43. The summed E-state index contributed by atoms with van der Waals surface area (Å²) in [5.41, 5.74) is 0. The summed E-state index contributed by atoms with van der Waals surface area (Å²) in [7, 11) is 1.44. The molecule has 1 fully saturated rings. The quantitative estimate of drug-likeness (QED) is 0.609. The topological polar surface area (TPSA) is 41.6 Å². The predicted octanol–water partition coefficient (Wildman–Crippen LogP) is -0.157. The van der Waals surface area contributed by atoms with Crippen molar-refractivity contribution in [3.05, 3.63) is 0 Å². The number of hydrogen-bond acceptors (Lipinski definition) is 4. The average molecular weight is 186 g/mol. The molecule has 0 spiro atoms. The van der Waals surface area contributed by atoms with Crippen LogP contribution in [0, 0.1) is 0 Å². The van der Waals surface area contributed by atoms with Crippen molar-refractivity contribution in [3.8, 4) is 0 Å². The van der Waals surface area contributed by atoms with Crippen LogP contribution in [-0.4, -0.2) is 50.2 Å². The number of nitrogens with one attached hydrogen (secondary N) is 1. The molecule has 0 aromatic heterocycles. The largest absolute Gasteiger partial charge is 0.468 e. The van der Waals surface area contributed by atoms with Crippen LogP contribution in [0.3, 0.4) is 0 Å². The van der Waals surface area contributed by atoms with Crippen molar-refractivity contribution >= 4 is 5.97 Å². The zero-order valence-electron chi connectivity index (χ0n) is 8.38. The van der Waals surface area contributed by atoms with Crippen LogP contribution in [-0.2, 0) is 9.53 Å². The van der Waals surface area contributed by atoms with E-state index in [0.717, 1.165) is 32.6 Å². The molecule has 1 N–H and O–H groups in total. The molecule has 4 nitrogen and oxygen atoms in total. The molecule has 0 amide bonds. The summed E-state index contributed by atoms with van der Waals surface area (Å²) >= 11 is 0. The van der Waals surface area contributed by atoms with Gasteiger partial charge in [0.25, 0.3) is 0 Å². The van der Waals surface area contributed by atoms with E-state index >= 15 is 0 Å². The lowest BCUT2D eigenvalue weighted by Crippen LogP contribution is -2.41. The molecule has 0 saturated carbocycles. The van der Waals surface area contributed by atoms with Crippen LogP contribution in [0.2, 0.25) is 0 Å². The molecular formula is C9H18N2O2. The van der Waals surface area contributed by atoms with Crippen LogP contribution in [0.1, 0.15) is 13.3 Å². The SMILES string of the molecule is COC(=O)C(C)N1CCCNCC1. The number of carbonyl (C=O) groups excluding carboxylic acids is 1. The Morgan fingerprint density at radius 2 is 2.23 bits per heavy atom. The molecule has 1 rings (SSSR count). The van der Waals surface area contributed by atoms with Crippen molar-refractivity contribution in [2.45, 2.75) is 19.4 Å². The van der Waals surface area contributed by atoms with E-state index in [1.54, 1.807) is 0 Å². The molecule has 0 aliphatic carbocycles. The molecule has 0 bridgehead atoms. The molecule has 1 unspecified atom stereocenters. The third-order valence-corrected chi connectivity index (χ3v) is 2.46. The molecule has 1 atom stereocenters. The predicted molar refractivity (Wildman–Crippen MR) is 50.5 cm³/mol. The number of methoxy groups -OCH3 is 1. The summed E-state index contributed by atoms with van der Waals surface area (Å²) in [6.07, 6.45) is 1.10. The van der Waals surface area contributed by atoms with Gasteiger partial charge in [0.1, 0.15) is 6.04 Å². The summed E-state index contributed by atoms with van der Waals surface area (Å²) in [6.45, 7) is 5.81. The number of esters is 1. The lowest BCUT2D eigenvalue weighted by atomic mass is 10.2. The highest BCUT2D eigenvalue weighted by Crippen LogP contribution is 2.03. The standard InChI is InChI=1S/C9H18N2O2/c1-8(9(12)13-2)11-6-3-4-10-5-7-11/h8,10H,3-7H2,1-2H3. The monoisotopic (exact) mass is 186 g/mol. The second kappa shape index (κ2) is 5.19. The van der Waals surface area contributed by atoms with Crippen LogP contribution in [0.15, 0.2) is 0 Å².